The van der Waals surface area contributed by atoms with Crippen LogP contribution in [0.25, 0.3) is 0 Å². The van der Waals surface area contributed by atoms with Gasteiger partial charge in [0.05, 0.1) is 5.38 Å². The molecule has 0 radical (unpaired) electrons. The second-order valence-electron chi connectivity index (χ2n) is 4.33. The van der Waals surface area contributed by atoms with Gasteiger partial charge in [0.15, 0.2) is 0 Å². The summed E-state index contributed by atoms with van der Waals surface area (Å²) in [6, 6.07) is 9.82. The van der Waals surface area contributed by atoms with Crippen molar-refractivity contribution in [3.8, 4) is 0 Å². The van der Waals surface area contributed by atoms with E-state index in [2.05, 4.69) is 5.32 Å². The lowest BCUT2D eigenvalue weighted by atomic mass is 10.1. The molecule has 2 nitrogen and oxygen atoms in total. The number of alkyl halides is 1. The molecule has 1 aliphatic rings. The Morgan fingerprint density at radius 1 is 1.38 bits per heavy atom. The Kier molecular flexibility index (Phi) is 3.83. The van der Waals surface area contributed by atoms with Gasteiger partial charge in [0.1, 0.15) is 0 Å². The quantitative estimate of drug-likeness (QED) is 0.784. The topological polar surface area (TPSA) is 29.1 Å². The molecule has 0 saturated heterocycles. The maximum Gasteiger partial charge on any atom is 0.220 e. The summed E-state index contributed by atoms with van der Waals surface area (Å²) in [7, 11) is 0. The third kappa shape index (κ3) is 3.53. The zero-order valence-corrected chi connectivity index (χ0v) is 9.91. The summed E-state index contributed by atoms with van der Waals surface area (Å²) >= 11 is 6.19. The number of carbonyl (C=O) groups excluding carboxylic acids is 1. The minimum Gasteiger partial charge on any atom is -0.354 e. The summed E-state index contributed by atoms with van der Waals surface area (Å²) in [4.78, 5) is 11.5. The summed E-state index contributed by atoms with van der Waals surface area (Å²) in [5.74, 6) is 0.759. The molecule has 1 amide bonds. The van der Waals surface area contributed by atoms with E-state index >= 15 is 0 Å². The van der Waals surface area contributed by atoms with Crippen LogP contribution in [-0.2, 0) is 4.79 Å². The number of halogens is 1. The Morgan fingerprint density at radius 3 is 2.69 bits per heavy atom. The smallest absolute Gasteiger partial charge is 0.220 e. The molecule has 3 heteroatoms. The Morgan fingerprint density at radius 2 is 2.06 bits per heavy atom. The van der Waals surface area contributed by atoms with E-state index in [1.165, 1.54) is 12.8 Å². The molecule has 1 unspecified atom stereocenters. The van der Waals surface area contributed by atoms with Crippen LogP contribution >= 0.6 is 11.6 Å². The molecule has 86 valence electrons. The molecular weight excluding hydrogens is 222 g/mol. The second-order valence-corrected chi connectivity index (χ2v) is 4.86. The van der Waals surface area contributed by atoms with Crippen molar-refractivity contribution < 1.29 is 4.79 Å². The summed E-state index contributed by atoms with van der Waals surface area (Å²) in [5, 5.41) is 2.75. The highest BCUT2D eigenvalue weighted by molar-refractivity contribution is 6.21. The molecule has 0 aromatic heterocycles. The molecule has 2 rings (SSSR count). The maximum atomic E-state index is 11.5. The van der Waals surface area contributed by atoms with Crippen LogP contribution in [0.2, 0.25) is 0 Å². The van der Waals surface area contributed by atoms with Gasteiger partial charge >= 0.3 is 0 Å². The molecule has 1 saturated carbocycles. The van der Waals surface area contributed by atoms with E-state index in [-0.39, 0.29) is 11.3 Å². The van der Waals surface area contributed by atoms with Crippen LogP contribution in [0.4, 0.5) is 0 Å². The number of amides is 1. The summed E-state index contributed by atoms with van der Waals surface area (Å²) in [5.41, 5.74) is 1.05. The van der Waals surface area contributed by atoms with Crippen LogP contribution in [0, 0.1) is 5.92 Å². The fraction of sp³-hybridized carbons (Fsp3) is 0.462. The van der Waals surface area contributed by atoms with E-state index in [1.54, 1.807) is 0 Å². The van der Waals surface area contributed by atoms with Crippen LogP contribution < -0.4 is 5.32 Å². The van der Waals surface area contributed by atoms with Crippen molar-refractivity contribution in [1.29, 1.82) is 0 Å². The van der Waals surface area contributed by atoms with Crippen molar-refractivity contribution in [3.05, 3.63) is 35.9 Å². The van der Waals surface area contributed by atoms with Crippen molar-refractivity contribution in [2.24, 2.45) is 5.92 Å². The van der Waals surface area contributed by atoms with E-state index in [4.69, 9.17) is 11.6 Å². The molecule has 0 aliphatic heterocycles. The van der Waals surface area contributed by atoms with Crippen molar-refractivity contribution in [2.45, 2.75) is 24.6 Å². The first-order valence-corrected chi connectivity index (χ1v) is 6.15. The molecule has 1 fully saturated rings. The average molecular weight is 238 g/mol. The van der Waals surface area contributed by atoms with E-state index < -0.39 is 0 Å². The van der Waals surface area contributed by atoms with Crippen molar-refractivity contribution >= 4 is 17.5 Å². The minimum absolute atomic E-state index is 0.129. The summed E-state index contributed by atoms with van der Waals surface area (Å²) in [6.45, 7) is 0.511. The third-order valence-corrected chi connectivity index (χ3v) is 3.22. The van der Waals surface area contributed by atoms with Gasteiger partial charge in [-0.1, -0.05) is 30.3 Å². The van der Waals surface area contributed by atoms with Gasteiger partial charge in [-0.2, -0.15) is 0 Å². The molecule has 16 heavy (non-hydrogen) atoms. The molecule has 0 bridgehead atoms. The highest BCUT2D eigenvalue weighted by Gasteiger charge is 2.24. The van der Waals surface area contributed by atoms with Gasteiger partial charge in [-0.05, 0) is 24.3 Å². The number of hydrogen-bond donors (Lipinski definition) is 1. The molecule has 1 N–H and O–H groups in total. The SMILES string of the molecule is O=C(CC1CC1)NCC(Cl)c1ccccc1. The summed E-state index contributed by atoms with van der Waals surface area (Å²) < 4.78 is 0. The summed E-state index contributed by atoms with van der Waals surface area (Å²) in [6.07, 6.45) is 3.07. The van der Waals surface area contributed by atoms with Crippen LogP contribution in [-0.4, -0.2) is 12.5 Å². The van der Waals surface area contributed by atoms with E-state index in [0.717, 1.165) is 5.56 Å². The van der Waals surface area contributed by atoms with Crippen molar-refractivity contribution in [2.75, 3.05) is 6.54 Å². The fourth-order valence-corrected chi connectivity index (χ4v) is 1.86. The normalized spacial score (nSPS) is 16.8. The van der Waals surface area contributed by atoms with E-state index in [9.17, 15) is 4.79 Å². The number of nitrogens with one attached hydrogen (secondary N) is 1. The number of carbonyl (C=O) groups is 1. The van der Waals surface area contributed by atoms with E-state index in [0.29, 0.717) is 18.9 Å². The van der Waals surface area contributed by atoms with Gasteiger partial charge in [-0.15, -0.1) is 11.6 Å². The van der Waals surface area contributed by atoms with Gasteiger partial charge in [-0.25, -0.2) is 0 Å². The highest BCUT2D eigenvalue weighted by Crippen LogP contribution is 2.32. The zero-order chi connectivity index (χ0) is 11.4. The van der Waals surface area contributed by atoms with Crippen LogP contribution in [0.3, 0.4) is 0 Å². The average Bonchev–Trinajstić information content (AvgIpc) is 3.11. The van der Waals surface area contributed by atoms with Gasteiger partial charge in [0.2, 0.25) is 5.91 Å². The minimum atomic E-state index is -0.135. The molecule has 1 aliphatic carbocycles. The lowest BCUT2D eigenvalue weighted by Crippen LogP contribution is -2.26. The first-order valence-electron chi connectivity index (χ1n) is 5.71. The molecule has 1 atom stereocenters. The number of hydrogen-bond acceptors (Lipinski definition) is 1. The van der Waals surface area contributed by atoms with Crippen molar-refractivity contribution in [1.82, 2.24) is 5.32 Å². The van der Waals surface area contributed by atoms with Gasteiger partial charge in [-0.3, -0.25) is 4.79 Å². The predicted molar refractivity (Wildman–Crippen MR) is 65.4 cm³/mol. The van der Waals surface area contributed by atoms with Crippen molar-refractivity contribution in [3.63, 3.8) is 0 Å². The zero-order valence-electron chi connectivity index (χ0n) is 9.16. The highest BCUT2D eigenvalue weighted by atomic mass is 35.5. The lowest BCUT2D eigenvalue weighted by Gasteiger charge is -2.10. The standard InChI is InChI=1S/C13H16ClNO/c14-12(11-4-2-1-3-5-11)9-15-13(16)8-10-6-7-10/h1-5,10,12H,6-9H2,(H,15,16). The Bertz CT molecular complexity index is 348. The number of benzene rings is 1. The Hall–Kier alpha value is -1.02. The monoisotopic (exact) mass is 237 g/mol. The van der Waals surface area contributed by atoms with Gasteiger partial charge in [0.25, 0.3) is 0 Å². The maximum absolute atomic E-state index is 11.5. The molecular formula is C13H16ClNO. The Balaban J connectivity index is 1.74. The molecule has 1 aromatic carbocycles. The first-order chi connectivity index (χ1) is 7.75. The second kappa shape index (κ2) is 5.35. The molecule has 0 spiro atoms. The lowest BCUT2D eigenvalue weighted by molar-refractivity contribution is -0.121. The van der Waals surface area contributed by atoms with Gasteiger partial charge < -0.3 is 5.32 Å². The van der Waals surface area contributed by atoms with Crippen LogP contribution in [0.1, 0.15) is 30.2 Å². The molecule has 0 heterocycles. The van der Waals surface area contributed by atoms with Gasteiger partial charge in [0, 0.05) is 13.0 Å². The molecule has 1 aromatic rings. The number of rotatable bonds is 5. The third-order valence-electron chi connectivity index (χ3n) is 2.81. The Labute approximate surface area is 101 Å². The van der Waals surface area contributed by atoms with Crippen LogP contribution in [0.15, 0.2) is 30.3 Å². The van der Waals surface area contributed by atoms with Crippen LogP contribution in [0.5, 0.6) is 0 Å². The first kappa shape index (κ1) is 11.5. The fourth-order valence-electron chi connectivity index (χ4n) is 1.64. The van der Waals surface area contributed by atoms with E-state index in [1.807, 2.05) is 30.3 Å². The largest absolute Gasteiger partial charge is 0.354 e. The predicted octanol–water partition coefficient (Wildman–Crippen LogP) is 2.88.